The molecule has 1 saturated heterocycles. The average Bonchev–Trinajstić information content (AvgIpc) is 2.11. The van der Waals surface area contributed by atoms with Gasteiger partial charge in [0.05, 0.1) is 0 Å². The van der Waals surface area contributed by atoms with Gasteiger partial charge in [0, 0.05) is 11.1 Å². The third kappa shape index (κ3) is 10.5. The van der Waals surface area contributed by atoms with Gasteiger partial charge in [-0.15, -0.1) is 0 Å². The molecule has 0 aromatic carbocycles. The number of rotatable bonds is 2. The molecular weight excluding hydrogens is 242 g/mol. The molecule has 0 aromatic rings. The van der Waals surface area contributed by atoms with E-state index in [0.29, 0.717) is 5.92 Å². The van der Waals surface area contributed by atoms with Gasteiger partial charge in [-0.3, -0.25) is 0 Å². The molecule has 1 heterocycles. The average molecular weight is 284 g/mol. The molecule has 1 aliphatic heterocycles. The molecule has 0 atom stereocenters. The molecule has 0 spiro atoms. The summed E-state index contributed by atoms with van der Waals surface area (Å²) in [5, 5.41) is 3.69. The highest BCUT2D eigenvalue weighted by Crippen LogP contribution is 2.32. The van der Waals surface area contributed by atoms with Crippen LogP contribution < -0.4 is 5.32 Å². The second-order valence-corrected chi connectivity index (χ2v) is 8.12. The van der Waals surface area contributed by atoms with E-state index in [-0.39, 0.29) is 18.5 Å². The summed E-state index contributed by atoms with van der Waals surface area (Å²) < 4.78 is 0. The van der Waals surface area contributed by atoms with E-state index in [0.717, 1.165) is 5.92 Å². The number of hydrogen-bond acceptors (Lipinski definition) is 1. The smallest absolute Gasteiger partial charge is 0.0167 e. The van der Waals surface area contributed by atoms with E-state index in [1.165, 1.54) is 19.3 Å². The minimum Gasteiger partial charge on any atom is -0.306 e. The normalized spacial score (nSPS) is 20.1. The molecule has 0 bridgehead atoms. The van der Waals surface area contributed by atoms with Gasteiger partial charge in [-0.25, -0.2) is 0 Å². The molecule has 1 aliphatic rings. The Morgan fingerprint density at radius 2 is 1.35 bits per heavy atom. The van der Waals surface area contributed by atoms with Gasteiger partial charge in [0.2, 0.25) is 0 Å². The number of piperidine rings is 1. The second-order valence-electron chi connectivity index (χ2n) is 8.12. The maximum Gasteiger partial charge on any atom is 0.0167 e. The molecule has 20 heavy (non-hydrogen) atoms. The molecule has 1 heteroatoms. The van der Waals surface area contributed by atoms with Crippen molar-refractivity contribution in [3.63, 3.8) is 0 Å². The Hall–Kier alpha value is -0.300. The predicted octanol–water partition coefficient (Wildman–Crippen LogP) is 6.20. The number of allylic oxidation sites excluding steroid dienone is 1. The van der Waals surface area contributed by atoms with Crippen molar-refractivity contribution in [2.24, 2.45) is 11.8 Å². The first kappa shape index (κ1) is 22.0. The van der Waals surface area contributed by atoms with Crippen LogP contribution in [0, 0.1) is 11.8 Å². The molecule has 0 saturated carbocycles. The monoisotopic (exact) mass is 283 g/mol. The fourth-order valence-electron chi connectivity index (χ4n) is 2.79. The third-order valence-corrected chi connectivity index (χ3v) is 3.40. The lowest BCUT2D eigenvalue weighted by atomic mass is 9.79. The van der Waals surface area contributed by atoms with Crippen molar-refractivity contribution >= 4 is 0 Å². The molecule has 0 aliphatic carbocycles. The van der Waals surface area contributed by atoms with Crippen LogP contribution in [0.4, 0.5) is 0 Å². The Balaban J connectivity index is 0. The van der Waals surface area contributed by atoms with Crippen LogP contribution in [-0.2, 0) is 0 Å². The number of hydrogen-bond donors (Lipinski definition) is 1. The molecule has 1 fully saturated rings. The van der Waals surface area contributed by atoms with E-state index >= 15 is 0 Å². The topological polar surface area (TPSA) is 12.0 Å². The Morgan fingerprint density at radius 3 is 1.60 bits per heavy atom. The zero-order valence-electron chi connectivity index (χ0n) is 14.9. The fourth-order valence-corrected chi connectivity index (χ4v) is 2.79. The molecule has 1 rings (SSSR count). The first-order chi connectivity index (χ1) is 8.47. The molecular formula is C19H41N. The minimum atomic E-state index is 0. The van der Waals surface area contributed by atoms with Crippen LogP contribution in [0.1, 0.15) is 89.0 Å². The fraction of sp³-hybridized carbons (Fsp3) is 0.895. The third-order valence-electron chi connectivity index (χ3n) is 3.40. The Morgan fingerprint density at radius 1 is 1.00 bits per heavy atom. The van der Waals surface area contributed by atoms with Crippen molar-refractivity contribution in [3.05, 3.63) is 11.6 Å². The van der Waals surface area contributed by atoms with Gasteiger partial charge in [0.1, 0.15) is 0 Å². The highest BCUT2D eigenvalue weighted by atomic mass is 15.0. The van der Waals surface area contributed by atoms with Crippen LogP contribution in [0.15, 0.2) is 11.6 Å². The van der Waals surface area contributed by atoms with Gasteiger partial charge >= 0.3 is 0 Å². The predicted molar refractivity (Wildman–Crippen MR) is 95.3 cm³/mol. The maximum atomic E-state index is 3.69. The summed E-state index contributed by atoms with van der Waals surface area (Å²) in [5.41, 5.74) is 2.12. The molecule has 0 unspecified atom stereocenters. The summed E-state index contributed by atoms with van der Waals surface area (Å²) in [7, 11) is 0. The zero-order chi connectivity index (χ0) is 15.3. The lowest BCUT2D eigenvalue weighted by molar-refractivity contribution is 0.222. The van der Waals surface area contributed by atoms with Gasteiger partial charge in [0.15, 0.2) is 0 Å². The highest BCUT2D eigenvalue weighted by Gasteiger charge is 2.34. The molecule has 0 amide bonds. The van der Waals surface area contributed by atoms with Crippen LogP contribution in [0.25, 0.3) is 0 Å². The van der Waals surface area contributed by atoms with Crippen LogP contribution >= 0.6 is 0 Å². The van der Waals surface area contributed by atoms with E-state index in [9.17, 15) is 0 Å². The minimum absolute atomic E-state index is 0. The van der Waals surface area contributed by atoms with E-state index < -0.39 is 0 Å². The summed E-state index contributed by atoms with van der Waals surface area (Å²) >= 11 is 0. The molecule has 1 nitrogen and oxygen atoms in total. The maximum absolute atomic E-state index is 3.69. The van der Waals surface area contributed by atoms with Crippen molar-refractivity contribution in [3.8, 4) is 0 Å². The van der Waals surface area contributed by atoms with Crippen LogP contribution in [0.3, 0.4) is 0 Å². The van der Waals surface area contributed by atoms with Gasteiger partial charge in [-0.2, -0.15) is 0 Å². The van der Waals surface area contributed by atoms with E-state index in [2.05, 4.69) is 73.7 Å². The van der Waals surface area contributed by atoms with Crippen LogP contribution in [0.5, 0.6) is 0 Å². The second kappa shape index (κ2) is 8.87. The van der Waals surface area contributed by atoms with Gasteiger partial charge in [-0.05, 0) is 52.4 Å². The van der Waals surface area contributed by atoms with Crippen molar-refractivity contribution in [2.45, 2.75) is 100 Å². The Bertz CT molecular complexity index is 264. The lowest BCUT2D eigenvalue weighted by Gasteiger charge is -2.44. The summed E-state index contributed by atoms with van der Waals surface area (Å²) in [4.78, 5) is 0. The highest BCUT2D eigenvalue weighted by molar-refractivity contribution is 5.17. The van der Waals surface area contributed by atoms with Gasteiger partial charge in [0.25, 0.3) is 0 Å². The number of nitrogens with one attached hydrogen (secondary N) is 1. The van der Waals surface area contributed by atoms with Gasteiger partial charge < -0.3 is 5.32 Å². The summed E-state index contributed by atoms with van der Waals surface area (Å²) in [6, 6.07) is 0. The van der Waals surface area contributed by atoms with E-state index in [4.69, 9.17) is 0 Å². The first-order valence-corrected chi connectivity index (χ1v) is 7.96. The van der Waals surface area contributed by atoms with Crippen LogP contribution in [0.2, 0.25) is 0 Å². The Kier molecular flexibility index (Phi) is 9.75. The van der Waals surface area contributed by atoms with Crippen molar-refractivity contribution in [1.82, 2.24) is 5.32 Å². The summed E-state index contributed by atoms with van der Waals surface area (Å²) in [5.74, 6) is 1.56. The largest absolute Gasteiger partial charge is 0.306 e. The molecule has 0 aromatic heterocycles. The van der Waals surface area contributed by atoms with Gasteiger partial charge in [-0.1, -0.05) is 60.1 Å². The zero-order valence-corrected chi connectivity index (χ0v) is 14.9. The van der Waals surface area contributed by atoms with E-state index in [1.54, 1.807) is 5.57 Å². The summed E-state index contributed by atoms with van der Waals surface area (Å²) in [6.07, 6.45) is 6.12. The molecule has 0 radical (unpaired) electrons. The van der Waals surface area contributed by atoms with Crippen LogP contribution in [-0.4, -0.2) is 11.1 Å². The van der Waals surface area contributed by atoms with Crippen molar-refractivity contribution in [2.75, 3.05) is 0 Å². The van der Waals surface area contributed by atoms with E-state index in [1.807, 2.05) is 0 Å². The quantitative estimate of drug-likeness (QED) is 0.595. The van der Waals surface area contributed by atoms with Crippen molar-refractivity contribution in [1.29, 1.82) is 0 Å². The SMILES string of the molecule is C.CC(C)C=C1CC(C)(C)NC(C)(C)C1.CCC(C)C. The first-order valence-electron chi connectivity index (χ1n) is 7.96. The van der Waals surface area contributed by atoms with Crippen molar-refractivity contribution < 1.29 is 0 Å². The lowest BCUT2D eigenvalue weighted by Crippen LogP contribution is -2.55. The molecule has 1 N–H and O–H groups in total. The Labute approximate surface area is 129 Å². The summed E-state index contributed by atoms with van der Waals surface area (Å²) in [6.45, 7) is 20.3. The molecule has 122 valence electrons. The standard InChI is InChI=1S/C13H25N.C5H12.CH4/c1-10(2)7-11-8-12(3,4)14-13(5,6)9-11;1-4-5(2)3;/h7,10,14H,8-9H2,1-6H3;5H,4H2,1-3H3;1H4.